The summed E-state index contributed by atoms with van der Waals surface area (Å²) in [6, 6.07) is 19.7. The number of nitrogens with zero attached hydrogens (tertiary/aromatic N) is 1. The number of urea groups is 1. The van der Waals surface area contributed by atoms with Crippen molar-refractivity contribution in [3.8, 4) is 0 Å². The normalized spacial score (nSPS) is 11.7. The van der Waals surface area contributed by atoms with Crippen LogP contribution in [0.15, 0.2) is 60.7 Å². The number of amides is 2. The quantitative estimate of drug-likeness (QED) is 0.237. The first-order chi connectivity index (χ1) is 17.0. The van der Waals surface area contributed by atoms with Gasteiger partial charge in [-0.25, -0.2) is 4.79 Å². The first-order valence-electron chi connectivity index (χ1n) is 13.0. The number of ether oxygens (including phenoxy) is 1. The van der Waals surface area contributed by atoms with Gasteiger partial charge in [-0.05, 0) is 44.5 Å². The Labute approximate surface area is 211 Å². The molecule has 0 heterocycles. The zero-order valence-corrected chi connectivity index (χ0v) is 21.5. The van der Waals surface area contributed by atoms with Gasteiger partial charge in [0.2, 0.25) is 0 Å². The highest BCUT2D eigenvalue weighted by molar-refractivity contribution is 5.76. The fraction of sp³-hybridized carbons (Fsp3) is 0.517. The Morgan fingerprint density at radius 2 is 1.37 bits per heavy atom. The van der Waals surface area contributed by atoms with Crippen LogP contribution in [-0.2, 0) is 22.6 Å². The largest absolute Gasteiger partial charge is 0.461 e. The molecule has 0 aromatic heterocycles. The summed E-state index contributed by atoms with van der Waals surface area (Å²) in [7, 11) is 3.84. The molecule has 0 saturated heterocycles. The van der Waals surface area contributed by atoms with Crippen LogP contribution in [0.3, 0.4) is 0 Å². The van der Waals surface area contributed by atoms with Crippen molar-refractivity contribution in [2.45, 2.75) is 70.4 Å². The van der Waals surface area contributed by atoms with E-state index in [9.17, 15) is 9.59 Å². The maximum atomic E-state index is 12.3. The van der Waals surface area contributed by atoms with Gasteiger partial charge in [-0.2, -0.15) is 0 Å². The molecule has 0 aliphatic heterocycles. The maximum Gasteiger partial charge on any atom is 0.315 e. The Kier molecular flexibility index (Phi) is 14.2. The molecule has 0 aliphatic rings. The number of nitrogens with one attached hydrogen (secondary N) is 2. The topological polar surface area (TPSA) is 70.7 Å². The van der Waals surface area contributed by atoms with Gasteiger partial charge in [-0.3, -0.25) is 4.79 Å². The second-order valence-electron chi connectivity index (χ2n) is 9.42. The molecule has 0 bridgehead atoms. The lowest BCUT2D eigenvalue weighted by Crippen LogP contribution is -2.47. The van der Waals surface area contributed by atoms with Gasteiger partial charge < -0.3 is 20.3 Å². The first kappa shape index (κ1) is 28.4. The Balaban J connectivity index is 1.52. The smallest absolute Gasteiger partial charge is 0.315 e. The molecule has 35 heavy (non-hydrogen) atoms. The van der Waals surface area contributed by atoms with Crippen LogP contribution in [0.25, 0.3) is 0 Å². The lowest BCUT2D eigenvalue weighted by molar-refractivity contribution is -0.145. The van der Waals surface area contributed by atoms with E-state index in [0.717, 1.165) is 18.4 Å². The van der Waals surface area contributed by atoms with Crippen molar-refractivity contribution in [1.82, 2.24) is 15.5 Å². The Bertz CT molecular complexity index is 828. The Morgan fingerprint density at radius 1 is 0.800 bits per heavy atom. The molecular weight excluding hydrogens is 438 g/mol. The number of esters is 1. The molecule has 0 fully saturated rings. The number of rotatable bonds is 17. The second-order valence-corrected chi connectivity index (χ2v) is 9.42. The molecule has 2 aromatic carbocycles. The first-order valence-corrected chi connectivity index (χ1v) is 13.0. The highest BCUT2D eigenvalue weighted by Gasteiger charge is 2.18. The van der Waals surface area contributed by atoms with E-state index in [1.807, 2.05) is 49.3 Å². The van der Waals surface area contributed by atoms with E-state index in [1.54, 1.807) is 0 Å². The summed E-state index contributed by atoms with van der Waals surface area (Å²) in [5.41, 5.74) is 2.37. The molecular formula is C29H43N3O3. The van der Waals surface area contributed by atoms with E-state index >= 15 is 0 Å². The van der Waals surface area contributed by atoms with Gasteiger partial charge in [-0.1, -0.05) is 92.8 Å². The number of benzene rings is 2. The van der Waals surface area contributed by atoms with Crippen molar-refractivity contribution >= 4 is 12.0 Å². The molecule has 0 radical (unpaired) electrons. The van der Waals surface area contributed by atoms with Gasteiger partial charge in [-0.15, -0.1) is 0 Å². The molecule has 1 atom stereocenters. The Hall–Kier alpha value is -2.86. The van der Waals surface area contributed by atoms with Gasteiger partial charge in [0, 0.05) is 13.1 Å². The summed E-state index contributed by atoms with van der Waals surface area (Å²) < 4.78 is 5.38. The predicted molar refractivity (Wildman–Crippen MR) is 142 cm³/mol. The van der Waals surface area contributed by atoms with Gasteiger partial charge >= 0.3 is 12.0 Å². The number of hydrogen-bond donors (Lipinski definition) is 2. The van der Waals surface area contributed by atoms with Gasteiger partial charge in [0.05, 0.1) is 12.5 Å². The average Bonchev–Trinajstić information content (AvgIpc) is 2.84. The van der Waals surface area contributed by atoms with Gasteiger partial charge in [0.1, 0.15) is 6.61 Å². The summed E-state index contributed by atoms with van der Waals surface area (Å²) in [4.78, 5) is 26.6. The molecule has 2 rings (SSSR count). The van der Waals surface area contributed by atoms with Crippen LogP contribution in [0, 0.1) is 0 Å². The summed E-state index contributed by atoms with van der Waals surface area (Å²) in [6.07, 6.45) is 9.63. The summed E-state index contributed by atoms with van der Waals surface area (Å²) >= 11 is 0. The van der Waals surface area contributed by atoms with Crippen LogP contribution in [-0.4, -0.2) is 50.1 Å². The molecule has 2 aromatic rings. The van der Waals surface area contributed by atoms with Gasteiger partial charge in [0.25, 0.3) is 0 Å². The molecule has 192 valence electrons. The fourth-order valence-corrected chi connectivity index (χ4v) is 4.02. The number of aryl methyl sites for hydroxylation is 1. The third-order valence-electron chi connectivity index (χ3n) is 5.85. The van der Waals surface area contributed by atoms with Crippen molar-refractivity contribution in [2.24, 2.45) is 0 Å². The molecule has 0 aliphatic carbocycles. The van der Waals surface area contributed by atoms with Crippen molar-refractivity contribution in [3.63, 3.8) is 0 Å². The zero-order chi connectivity index (χ0) is 25.1. The molecule has 2 amide bonds. The van der Waals surface area contributed by atoms with E-state index in [4.69, 9.17) is 4.74 Å². The van der Waals surface area contributed by atoms with Crippen molar-refractivity contribution in [3.05, 3.63) is 71.8 Å². The molecule has 2 N–H and O–H groups in total. The van der Waals surface area contributed by atoms with Crippen molar-refractivity contribution in [1.29, 1.82) is 0 Å². The average molecular weight is 482 g/mol. The number of unbranched alkanes of at least 4 members (excludes halogenated alkanes) is 6. The highest BCUT2D eigenvalue weighted by atomic mass is 16.5. The number of carbonyl (C=O) groups excluding carboxylic acids is 2. The molecule has 0 saturated carbocycles. The van der Waals surface area contributed by atoms with Crippen LogP contribution in [0.4, 0.5) is 4.79 Å². The minimum atomic E-state index is -0.315. The molecule has 1 unspecified atom stereocenters. The lowest BCUT2D eigenvalue weighted by atomic mass is 10.0. The van der Waals surface area contributed by atoms with E-state index < -0.39 is 0 Å². The maximum absolute atomic E-state index is 12.3. The van der Waals surface area contributed by atoms with Crippen molar-refractivity contribution < 1.29 is 14.3 Å². The third kappa shape index (κ3) is 14.2. The van der Waals surface area contributed by atoms with Crippen LogP contribution in [0.1, 0.15) is 62.5 Å². The van der Waals surface area contributed by atoms with Crippen LogP contribution in [0.5, 0.6) is 0 Å². The summed E-state index contributed by atoms with van der Waals surface area (Å²) in [5.74, 6) is -0.315. The zero-order valence-electron chi connectivity index (χ0n) is 21.5. The summed E-state index contributed by atoms with van der Waals surface area (Å²) in [6.45, 7) is 1.46. The van der Waals surface area contributed by atoms with Gasteiger partial charge in [0.15, 0.2) is 0 Å². The van der Waals surface area contributed by atoms with E-state index in [-0.39, 0.29) is 31.1 Å². The highest BCUT2D eigenvalue weighted by Crippen LogP contribution is 2.10. The van der Waals surface area contributed by atoms with E-state index in [2.05, 4.69) is 41.0 Å². The number of hydrogen-bond acceptors (Lipinski definition) is 4. The van der Waals surface area contributed by atoms with Crippen LogP contribution in [0.2, 0.25) is 0 Å². The summed E-state index contributed by atoms with van der Waals surface area (Å²) in [5, 5.41) is 5.85. The van der Waals surface area contributed by atoms with Crippen LogP contribution < -0.4 is 10.6 Å². The third-order valence-corrected chi connectivity index (χ3v) is 5.85. The molecule has 6 nitrogen and oxygen atoms in total. The number of likely N-dealkylation sites (N-methyl/N-ethyl adjacent to an activating group) is 1. The SMILES string of the molecule is CN(C)CC(CC(=O)OCc1ccccc1)NC(=O)NCCCCCCCCCc1ccccc1. The lowest BCUT2D eigenvalue weighted by Gasteiger charge is -2.22. The molecule has 0 spiro atoms. The Morgan fingerprint density at radius 3 is 2.00 bits per heavy atom. The number of carbonyl (C=O) groups is 2. The minimum absolute atomic E-state index is 0.142. The van der Waals surface area contributed by atoms with Crippen LogP contribution >= 0.6 is 0 Å². The van der Waals surface area contributed by atoms with Crippen molar-refractivity contribution in [2.75, 3.05) is 27.2 Å². The molecule has 6 heteroatoms. The standard InChI is InChI=1S/C29H43N3O3/c1-32(2)23-27(22-28(33)35-24-26-19-13-9-14-20-26)31-29(34)30-21-15-7-5-3-4-6-10-16-25-17-11-8-12-18-25/h8-9,11-14,17-20,27H,3-7,10,15-16,21-24H2,1-2H3,(H2,30,31,34). The minimum Gasteiger partial charge on any atom is -0.461 e. The predicted octanol–water partition coefficient (Wildman–Crippen LogP) is 5.32. The fourth-order valence-electron chi connectivity index (χ4n) is 4.02. The van der Waals surface area contributed by atoms with E-state index in [1.165, 1.54) is 44.1 Å². The monoisotopic (exact) mass is 481 g/mol. The van der Waals surface area contributed by atoms with E-state index in [0.29, 0.717) is 13.1 Å². The second kappa shape index (κ2) is 17.6.